The summed E-state index contributed by atoms with van der Waals surface area (Å²) in [5.74, 6) is -0.161. The first-order valence-corrected chi connectivity index (χ1v) is 7.92. The lowest BCUT2D eigenvalue weighted by atomic mass is 10.2. The number of carbonyl (C=O) groups is 1. The molecule has 0 aromatic heterocycles. The molecule has 5 heteroatoms. The van der Waals surface area contributed by atoms with E-state index in [1.54, 1.807) is 0 Å². The van der Waals surface area contributed by atoms with Gasteiger partial charge in [-0.2, -0.15) is 0 Å². The normalized spacial score (nSPS) is 11.2. The van der Waals surface area contributed by atoms with Gasteiger partial charge in [0, 0.05) is 18.4 Å². The molecule has 0 atom stereocenters. The van der Waals surface area contributed by atoms with E-state index in [4.69, 9.17) is 0 Å². The van der Waals surface area contributed by atoms with Crippen molar-refractivity contribution in [3.8, 4) is 0 Å². The second-order valence-corrected chi connectivity index (χ2v) is 6.28. The number of carbonyl (C=O) groups excluding carboxylic acids is 1. The van der Waals surface area contributed by atoms with Gasteiger partial charge in [-0.05, 0) is 30.7 Å². The van der Waals surface area contributed by atoms with Crippen molar-refractivity contribution in [1.29, 1.82) is 0 Å². The van der Waals surface area contributed by atoms with Crippen LogP contribution in [0.25, 0.3) is 0 Å². The summed E-state index contributed by atoms with van der Waals surface area (Å²) in [5.41, 5.74) is 0.485. The van der Waals surface area contributed by atoms with Gasteiger partial charge in [0.2, 0.25) is 0 Å². The molecule has 0 radical (unpaired) electrons. The molecule has 4 nitrogen and oxygen atoms in total. The fourth-order valence-electron chi connectivity index (χ4n) is 1.53. The van der Waals surface area contributed by atoms with Gasteiger partial charge in [-0.3, -0.25) is 4.79 Å². The highest BCUT2D eigenvalue weighted by atomic mass is 32.2. The van der Waals surface area contributed by atoms with E-state index in [2.05, 4.69) is 12.2 Å². The van der Waals surface area contributed by atoms with Crippen LogP contribution in [0.2, 0.25) is 0 Å². The van der Waals surface area contributed by atoms with Crippen molar-refractivity contribution >= 4 is 15.7 Å². The summed E-state index contributed by atoms with van der Waals surface area (Å²) < 4.78 is 22.5. The summed E-state index contributed by atoms with van der Waals surface area (Å²) in [5, 5.41) is 2.80. The van der Waals surface area contributed by atoms with Crippen molar-refractivity contribution in [3.63, 3.8) is 0 Å². The summed E-state index contributed by atoms with van der Waals surface area (Å²) in [7, 11) is -3.20. The monoisotopic (exact) mass is 269 g/mol. The maximum Gasteiger partial charge on any atom is 0.251 e. The SMILES string of the molecule is CCCCCNC(=O)c1ccc(S(C)(=O)=O)cc1. The lowest BCUT2D eigenvalue weighted by Gasteiger charge is -2.05. The van der Waals surface area contributed by atoms with Gasteiger partial charge in [-0.1, -0.05) is 19.8 Å². The number of amides is 1. The van der Waals surface area contributed by atoms with Crippen molar-refractivity contribution in [2.75, 3.05) is 12.8 Å². The summed E-state index contributed by atoms with van der Waals surface area (Å²) in [4.78, 5) is 11.9. The second-order valence-electron chi connectivity index (χ2n) is 4.26. The lowest BCUT2D eigenvalue weighted by molar-refractivity contribution is 0.0953. The van der Waals surface area contributed by atoms with Crippen LogP contribution in [0.15, 0.2) is 29.2 Å². The van der Waals surface area contributed by atoms with Crippen molar-refractivity contribution in [2.24, 2.45) is 0 Å². The van der Waals surface area contributed by atoms with Crippen LogP contribution in [0, 0.1) is 0 Å². The molecule has 0 saturated carbocycles. The van der Waals surface area contributed by atoms with Gasteiger partial charge < -0.3 is 5.32 Å². The van der Waals surface area contributed by atoms with E-state index in [-0.39, 0.29) is 10.8 Å². The highest BCUT2D eigenvalue weighted by Crippen LogP contribution is 2.10. The molecule has 0 aliphatic heterocycles. The Bertz CT molecular complexity index is 491. The van der Waals surface area contributed by atoms with Crippen LogP contribution in [-0.4, -0.2) is 27.1 Å². The molecule has 1 amide bonds. The Morgan fingerprint density at radius 2 is 1.78 bits per heavy atom. The van der Waals surface area contributed by atoms with Gasteiger partial charge in [-0.25, -0.2) is 8.42 Å². The maximum atomic E-state index is 11.7. The Balaban J connectivity index is 2.60. The van der Waals surface area contributed by atoms with Gasteiger partial charge in [0.25, 0.3) is 5.91 Å². The van der Waals surface area contributed by atoms with Crippen LogP contribution < -0.4 is 5.32 Å². The molecule has 100 valence electrons. The largest absolute Gasteiger partial charge is 0.352 e. The summed E-state index contributed by atoms with van der Waals surface area (Å²) in [6, 6.07) is 5.98. The molecule has 0 saturated heterocycles. The molecule has 0 aliphatic carbocycles. The van der Waals surface area contributed by atoms with E-state index in [9.17, 15) is 13.2 Å². The third-order valence-corrected chi connectivity index (χ3v) is 3.74. The number of rotatable bonds is 6. The highest BCUT2D eigenvalue weighted by Gasteiger charge is 2.09. The van der Waals surface area contributed by atoms with Crippen LogP contribution >= 0.6 is 0 Å². The van der Waals surface area contributed by atoms with Gasteiger partial charge in [-0.15, -0.1) is 0 Å². The molecule has 0 aliphatic rings. The Kier molecular flexibility index (Phi) is 5.34. The van der Waals surface area contributed by atoms with Crippen molar-refractivity contribution < 1.29 is 13.2 Å². The van der Waals surface area contributed by atoms with Crippen LogP contribution in [0.1, 0.15) is 36.5 Å². The molecular weight excluding hydrogens is 250 g/mol. The number of unbranched alkanes of at least 4 members (excludes halogenated alkanes) is 2. The number of benzene rings is 1. The first-order valence-electron chi connectivity index (χ1n) is 6.03. The predicted octanol–water partition coefficient (Wildman–Crippen LogP) is 2.01. The second kappa shape index (κ2) is 6.54. The van der Waals surface area contributed by atoms with E-state index in [1.807, 2.05) is 0 Å². The highest BCUT2D eigenvalue weighted by molar-refractivity contribution is 7.90. The number of hydrogen-bond acceptors (Lipinski definition) is 3. The molecule has 1 aromatic carbocycles. The molecule has 18 heavy (non-hydrogen) atoms. The van der Waals surface area contributed by atoms with Gasteiger partial charge in [0.1, 0.15) is 0 Å². The lowest BCUT2D eigenvalue weighted by Crippen LogP contribution is -2.24. The van der Waals surface area contributed by atoms with E-state index in [0.29, 0.717) is 12.1 Å². The Morgan fingerprint density at radius 1 is 1.17 bits per heavy atom. The van der Waals surface area contributed by atoms with E-state index in [1.165, 1.54) is 24.3 Å². The van der Waals surface area contributed by atoms with E-state index in [0.717, 1.165) is 25.5 Å². The molecule has 0 bridgehead atoms. The molecule has 0 unspecified atom stereocenters. The minimum atomic E-state index is -3.20. The van der Waals surface area contributed by atoms with E-state index < -0.39 is 9.84 Å². The molecule has 1 N–H and O–H groups in total. The third kappa shape index (κ3) is 4.49. The van der Waals surface area contributed by atoms with Crippen molar-refractivity contribution in [1.82, 2.24) is 5.32 Å². The van der Waals surface area contributed by atoms with Crippen molar-refractivity contribution in [2.45, 2.75) is 31.1 Å². The molecule has 1 aromatic rings. The minimum absolute atomic E-state index is 0.161. The number of hydrogen-bond donors (Lipinski definition) is 1. The quantitative estimate of drug-likeness (QED) is 0.803. The summed E-state index contributed by atoms with van der Waals surface area (Å²) in [6.45, 7) is 2.76. The fourth-order valence-corrected chi connectivity index (χ4v) is 2.16. The Morgan fingerprint density at radius 3 is 2.28 bits per heavy atom. The zero-order valence-corrected chi connectivity index (χ0v) is 11.6. The van der Waals surface area contributed by atoms with Crippen LogP contribution in [0.5, 0.6) is 0 Å². The average molecular weight is 269 g/mol. The first-order chi connectivity index (χ1) is 8.45. The van der Waals surface area contributed by atoms with Crippen LogP contribution in [-0.2, 0) is 9.84 Å². The smallest absolute Gasteiger partial charge is 0.251 e. The predicted molar refractivity (Wildman–Crippen MR) is 71.4 cm³/mol. The number of sulfone groups is 1. The van der Waals surface area contributed by atoms with Crippen LogP contribution in [0.3, 0.4) is 0 Å². The summed E-state index contributed by atoms with van der Waals surface area (Å²) in [6.07, 6.45) is 4.31. The maximum absolute atomic E-state index is 11.7. The zero-order chi connectivity index (χ0) is 13.6. The first kappa shape index (κ1) is 14.7. The standard InChI is InChI=1S/C13H19NO3S/c1-3-4-5-10-14-13(15)11-6-8-12(9-7-11)18(2,16)17/h6-9H,3-5,10H2,1-2H3,(H,14,15). The van der Waals surface area contributed by atoms with E-state index >= 15 is 0 Å². The van der Waals surface area contributed by atoms with Crippen molar-refractivity contribution in [3.05, 3.63) is 29.8 Å². The number of nitrogens with one attached hydrogen (secondary N) is 1. The van der Waals surface area contributed by atoms with Crippen LogP contribution in [0.4, 0.5) is 0 Å². The van der Waals surface area contributed by atoms with Gasteiger partial charge in [0.15, 0.2) is 9.84 Å². The molecule has 0 spiro atoms. The molecule has 0 fully saturated rings. The summed E-state index contributed by atoms with van der Waals surface area (Å²) >= 11 is 0. The Labute approximate surface area is 108 Å². The zero-order valence-electron chi connectivity index (χ0n) is 10.8. The molecule has 0 heterocycles. The minimum Gasteiger partial charge on any atom is -0.352 e. The molecule has 1 rings (SSSR count). The Hall–Kier alpha value is -1.36. The third-order valence-electron chi connectivity index (χ3n) is 2.61. The topological polar surface area (TPSA) is 63.2 Å². The molecular formula is C13H19NO3S. The van der Waals surface area contributed by atoms with Gasteiger partial charge in [0.05, 0.1) is 4.90 Å². The van der Waals surface area contributed by atoms with Gasteiger partial charge >= 0.3 is 0 Å². The average Bonchev–Trinajstić information content (AvgIpc) is 2.33. The fraction of sp³-hybridized carbons (Fsp3) is 0.462.